The Bertz CT molecular complexity index is 959. The van der Waals surface area contributed by atoms with E-state index in [0.29, 0.717) is 37.7 Å². The Morgan fingerprint density at radius 2 is 1.81 bits per heavy atom. The maximum atomic E-state index is 11.5. The predicted octanol–water partition coefficient (Wildman–Crippen LogP) is 6.48. The van der Waals surface area contributed by atoms with Gasteiger partial charge in [-0.2, -0.15) is 0 Å². The molecule has 202 valence electrons. The Balaban J connectivity index is 2.17. The molecule has 1 heterocycles. The monoisotopic (exact) mass is 536 g/mol. The molecule has 2 aromatic rings. The highest BCUT2D eigenvalue weighted by Gasteiger charge is 2.37. The summed E-state index contributed by atoms with van der Waals surface area (Å²) in [5.41, 5.74) is 1.97. The minimum Gasteiger partial charge on any atom is -0.465 e. The SMILES string of the molecule is CC(C)[C@@H](C[C@@H](O)c1nc(CO[Si](C)(C)C(C)(C)C)c(CCOCc2ccccc2)s1)N(C)C(=O)O. The summed E-state index contributed by atoms with van der Waals surface area (Å²) < 4.78 is 12.4. The van der Waals surface area contributed by atoms with E-state index in [0.717, 1.165) is 16.1 Å². The lowest BCUT2D eigenvalue weighted by molar-refractivity contribution is 0.0840. The van der Waals surface area contributed by atoms with E-state index in [4.69, 9.17) is 14.1 Å². The number of carbonyl (C=O) groups is 1. The van der Waals surface area contributed by atoms with Crippen LogP contribution in [-0.4, -0.2) is 54.2 Å². The van der Waals surface area contributed by atoms with Gasteiger partial charge in [0.2, 0.25) is 0 Å². The quantitative estimate of drug-likeness (QED) is 0.225. The second kappa shape index (κ2) is 13.1. The molecule has 9 heteroatoms. The molecule has 0 bridgehead atoms. The summed E-state index contributed by atoms with van der Waals surface area (Å²) in [7, 11) is -0.429. The molecular weight excluding hydrogens is 492 g/mol. The van der Waals surface area contributed by atoms with E-state index in [2.05, 4.69) is 33.9 Å². The van der Waals surface area contributed by atoms with Gasteiger partial charge in [-0.25, -0.2) is 9.78 Å². The van der Waals surface area contributed by atoms with Crippen molar-refractivity contribution in [3.8, 4) is 0 Å². The molecule has 0 fully saturated rings. The molecule has 36 heavy (non-hydrogen) atoms. The highest BCUT2D eigenvalue weighted by molar-refractivity contribution is 7.11. The van der Waals surface area contributed by atoms with Crippen molar-refractivity contribution in [2.24, 2.45) is 5.92 Å². The predicted molar refractivity (Wildman–Crippen MR) is 148 cm³/mol. The van der Waals surface area contributed by atoms with E-state index in [1.807, 2.05) is 44.2 Å². The van der Waals surface area contributed by atoms with Crippen molar-refractivity contribution in [3.63, 3.8) is 0 Å². The number of hydrogen-bond donors (Lipinski definition) is 2. The summed E-state index contributed by atoms with van der Waals surface area (Å²) in [6.45, 7) is 16.5. The van der Waals surface area contributed by atoms with Crippen molar-refractivity contribution in [2.75, 3.05) is 13.7 Å². The third kappa shape index (κ3) is 8.66. The number of carboxylic acid groups (broad SMARTS) is 1. The lowest BCUT2D eigenvalue weighted by Gasteiger charge is -2.36. The fraction of sp³-hybridized carbons (Fsp3) is 0.630. The van der Waals surface area contributed by atoms with Gasteiger partial charge in [-0.15, -0.1) is 11.3 Å². The first-order chi connectivity index (χ1) is 16.7. The molecule has 7 nitrogen and oxygen atoms in total. The van der Waals surface area contributed by atoms with Crippen LogP contribution in [0.3, 0.4) is 0 Å². The lowest BCUT2D eigenvalue weighted by Crippen LogP contribution is -2.40. The van der Waals surface area contributed by atoms with Crippen LogP contribution in [0.15, 0.2) is 30.3 Å². The van der Waals surface area contributed by atoms with Gasteiger partial charge in [-0.3, -0.25) is 0 Å². The number of rotatable bonds is 13. The summed E-state index contributed by atoms with van der Waals surface area (Å²) >= 11 is 1.47. The van der Waals surface area contributed by atoms with Crippen LogP contribution >= 0.6 is 11.3 Å². The summed E-state index contributed by atoms with van der Waals surface area (Å²) in [5, 5.41) is 21.2. The van der Waals surface area contributed by atoms with Gasteiger partial charge in [0, 0.05) is 30.8 Å². The Morgan fingerprint density at radius 1 is 1.17 bits per heavy atom. The zero-order valence-electron chi connectivity index (χ0n) is 23.1. The van der Waals surface area contributed by atoms with Gasteiger partial charge in [0.15, 0.2) is 8.32 Å². The maximum Gasteiger partial charge on any atom is 0.407 e. The molecule has 0 radical (unpaired) electrons. The van der Waals surface area contributed by atoms with Crippen molar-refractivity contribution in [1.82, 2.24) is 9.88 Å². The summed E-state index contributed by atoms with van der Waals surface area (Å²) in [5.74, 6) is 0.0629. The number of aliphatic hydroxyl groups is 1. The topological polar surface area (TPSA) is 92.1 Å². The van der Waals surface area contributed by atoms with Crippen molar-refractivity contribution in [2.45, 2.75) is 91.0 Å². The molecule has 0 unspecified atom stereocenters. The summed E-state index contributed by atoms with van der Waals surface area (Å²) in [4.78, 5) is 18.7. The third-order valence-electron chi connectivity index (χ3n) is 7.07. The molecule has 0 aliphatic rings. The highest BCUT2D eigenvalue weighted by Crippen LogP contribution is 2.38. The molecular formula is C27H44N2O5SSi. The molecule has 2 rings (SSSR count). The van der Waals surface area contributed by atoms with Gasteiger partial charge < -0.3 is 24.3 Å². The van der Waals surface area contributed by atoms with Gasteiger partial charge in [-0.1, -0.05) is 65.0 Å². The fourth-order valence-electron chi connectivity index (χ4n) is 3.60. The molecule has 1 amide bonds. The Kier molecular flexibility index (Phi) is 11.1. The average molecular weight is 537 g/mol. The van der Waals surface area contributed by atoms with E-state index < -0.39 is 20.5 Å². The molecule has 1 aromatic carbocycles. The number of aromatic nitrogens is 1. The van der Waals surface area contributed by atoms with Crippen molar-refractivity contribution in [1.29, 1.82) is 0 Å². The van der Waals surface area contributed by atoms with E-state index in [1.54, 1.807) is 7.05 Å². The van der Waals surface area contributed by atoms with Crippen LogP contribution in [0.1, 0.15) is 68.3 Å². The first-order valence-corrected chi connectivity index (χ1v) is 16.3. The molecule has 2 atom stereocenters. The first-order valence-electron chi connectivity index (χ1n) is 12.6. The van der Waals surface area contributed by atoms with Gasteiger partial charge in [-0.05, 0) is 29.6 Å². The number of hydrogen-bond acceptors (Lipinski definition) is 6. The molecule has 0 saturated heterocycles. The van der Waals surface area contributed by atoms with E-state index in [-0.39, 0.29) is 17.0 Å². The maximum absolute atomic E-state index is 11.5. The van der Waals surface area contributed by atoms with E-state index in [9.17, 15) is 15.0 Å². The molecule has 0 saturated carbocycles. The van der Waals surface area contributed by atoms with Gasteiger partial charge in [0.05, 0.1) is 25.5 Å². The van der Waals surface area contributed by atoms with E-state index in [1.165, 1.54) is 16.2 Å². The van der Waals surface area contributed by atoms with Gasteiger partial charge >= 0.3 is 6.09 Å². The van der Waals surface area contributed by atoms with Crippen LogP contribution in [0.25, 0.3) is 0 Å². The van der Waals surface area contributed by atoms with Crippen LogP contribution in [0, 0.1) is 5.92 Å². The molecule has 1 aromatic heterocycles. The minimum absolute atomic E-state index is 0.0629. The summed E-state index contributed by atoms with van der Waals surface area (Å²) in [6.07, 6.45) is -0.883. The molecule has 0 aliphatic carbocycles. The number of ether oxygens (including phenoxy) is 1. The highest BCUT2D eigenvalue weighted by atomic mass is 32.1. The Hall–Kier alpha value is -1.78. The number of nitrogens with zero attached hydrogens (tertiary/aromatic N) is 2. The standard InChI is InChI=1S/C27H44N2O5SSi/c1-19(2)22(29(6)26(31)32)16-23(30)25-28-21(18-34-36(7,8)27(3,4)5)24(35-25)14-15-33-17-20-12-10-9-11-13-20/h9-13,19,22-23,30H,14-18H2,1-8H3,(H,31,32)/t22-,23-/m1/s1. The third-order valence-corrected chi connectivity index (χ3v) is 12.8. The first kappa shape index (κ1) is 30.4. The van der Waals surface area contributed by atoms with Crippen LogP contribution in [0.2, 0.25) is 18.1 Å². The van der Waals surface area contributed by atoms with E-state index >= 15 is 0 Å². The Labute approximate surface area is 221 Å². The van der Waals surface area contributed by atoms with Crippen LogP contribution in [-0.2, 0) is 28.8 Å². The second-order valence-corrected chi connectivity index (χ2v) is 17.1. The number of benzene rings is 1. The fourth-order valence-corrected chi connectivity index (χ4v) is 5.58. The Morgan fingerprint density at radius 3 is 2.36 bits per heavy atom. The van der Waals surface area contributed by atoms with Crippen molar-refractivity contribution in [3.05, 3.63) is 51.5 Å². The molecule has 0 aliphatic heterocycles. The molecule has 0 spiro atoms. The van der Waals surface area contributed by atoms with Crippen LogP contribution in [0.5, 0.6) is 0 Å². The number of amides is 1. The number of thiazole rings is 1. The lowest BCUT2D eigenvalue weighted by atomic mass is 9.97. The number of aliphatic hydroxyl groups excluding tert-OH is 1. The van der Waals surface area contributed by atoms with Crippen molar-refractivity contribution < 1.29 is 24.2 Å². The zero-order chi connectivity index (χ0) is 27.1. The van der Waals surface area contributed by atoms with Gasteiger partial charge in [0.25, 0.3) is 0 Å². The van der Waals surface area contributed by atoms with Crippen molar-refractivity contribution >= 4 is 25.7 Å². The van der Waals surface area contributed by atoms with Crippen LogP contribution < -0.4 is 0 Å². The molecule has 2 N–H and O–H groups in total. The smallest absolute Gasteiger partial charge is 0.407 e. The minimum atomic E-state index is -1.98. The second-order valence-electron chi connectivity index (χ2n) is 11.2. The normalized spacial score (nSPS) is 14.2. The van der Waals surface area contributed by atoms with Gasteiger partial charge in [0.1, 0.15) is 11.1 Å². The largest absolute Gasteiger partial charge is 0.465 e. The average Bonchev–Trinajstić information content (AvgIpc) is 3.21. The van der Waals surface area contributed by atoms with Crippen LogP contribution in [0.4, 0.5) is 4.79 Å². The zero-order valence-corrected chi connectivity index (χ0v) is 24.9. The summed E-state index contributed by atoms with van der Waals surface area (Å²) in [6, 6.07) is 9.75.